The molecule has 0 unspecified atom stereocenters. The second-order valence-electron chi connectivity index (χ2n) is 3.58. The Labute approximate surface area is 74.8 Å². The summed E-state index contributed by atoms with van der Waals surface area (Å²) in [5.41, 5.74) is 0. The summed E-state index contributed by atoms with van der Waals surface area (Å²) >= 11 is 0. The molecule has 0 amide bonds. The van der Waals surface area contributed by atoms with E-state index in [-0.39, 0.29) is 0 Å². The minimum atomic E-state index is 0.577. The van der Waals surface area contributed by atoms with E-state index >= 15 is 0 Å². The van der Waals surface area contributed by atoms with Crippen LogP contribution in [0.1, 0.15) is 39.1 Å². The second-order valence-corrected chi connectivity index (χ2v) is 3.58. The van der Waals surface area contributed by atoms with Crippen LogP contribution in [-0.2, 0) is 13.5 Å². The molecular formula is C10H19N2+. The lowest BCUT2D eigenvalue weighted by atomic mass is 10.3. The highest BCUT2D eigenvalue weighted by Gasteiger charge is 2.14. The molecule has 1 rings (SSSR count). The van der Waals surface area contributed by atoms with Crippen LogP contribution in [0.3, 0.4) is 0 Å². The van der Waals surface area contributed by atoms with Crippen LogP contribution in [0.25, 0.3) is 0 Å². The van der Waals surface area contributed by atoms with Crippen molar-refractivity contribution >= 4 is 0 Å². The molecule has 0 spiro atoms. The van der Waals surface area contributed by atoms with Gasteiger partial charge in [-0.05, 0) is 20.3 Å². The van der Waals surface area contributed by atoms with Crippen LogP contribution in [-0.4, -0.2) is 4.57 Å². The van der Waals surface area contributed by atoms with Crippen LogP contribution in [0.5, 0.6) is 0 Å². The van der Waals surface area contributed by atoms with Crippen LogP contribution in [0.4, 0.5) is 0 Å². The number of hydrogen-bond donors (Lipinski definition) is 0. The van der Waals surface area contributed by atoms with E-state index in [0.29, 0.717) is 6.04 Å². The van der Waals surface area contributed by atoms with Gasteiger partial charge in [-0.3, -0.25) is 0 Å². The number of imidazole rings is 1. The summed E-state index contributed by atoms with van der Waals surface area (Å²) in [4.78, 5) is 0. The molecule has 0 saturated carbocycles. The van der Waals surface area contributed by atoms with Gasteiger partial charge >= 0.3 is 0 Å². The van der Waals surface area contributed by atoms with Gasteiger partial charge in [0.05, 0.1) is 13.1 Å². The van der Waals surface area contributed by atoms with Gasteiger partial charge in [0, 0.05) is 6.42 Å². The lowest BCUT2D eigenvalue weighted by Gasteiger charge is -2.04. The molecule has 68 valence electrons. The fourth-order valence-electron chi connectivity index (χ4n) is 1.53. The summed E-state index contributed by atoms with van der Waals surface area (Å²) in [5.74, 6) is 1.42. The highest BCUT2D eigenvalue weighted by molar-refractivity contribution is 4.85. The van der Waals surface area contributed by atoms with Crippen LogP contribution in [0.15, 0.2) is 12.4 Å². The van der Waals surface area contributed by atoms with Crippen molar-refractivity contribution in [2.75, 3.05) is 0 Å². The minimum absolute atomic E-state index is 0.577. The van der Waals surface area contributed by atoms with Gasteiger partial charge in [-0.25, -0.2) is 9.13 Å². The molecule has 0 aliphatic rings. The zero-order valence-corrected chi connectivity index (χ0v) is 8.54. The van der Waals surface area contributed by atoms with E-state index in [4.69, 9.17) is 0 Å². The first kappa shape index (κ1) is 9.30. The Morgan fingerprint density at radius 2 is 2.17 bits per heavy atom. The Kier molecular flexibility index (Phi) is 2.90. The lowest BCUT2D eigenvalue weighted by Crippen LogP contribution is -2.32. The topological polar surface area (TPSA) is 8.81 Å². The van der Waals surface area contributed by atoms with Crippen molar-refractivity contribution in [2.45, 2.75) is 39.7 Å². The highest BCUT2D eigenvalue weighted by Crippen LogP contribution is 2.07. The zero-order chi connectivity index (χ0) is 9.14. The summed E-state index contributed by atoms with van der Waals surface area (Å²) in [6.45, 7) is 6.66. The van der Waals surface area contributed by atoms with Crippen molar-refractivity contribution in [3.05, 3.63) is 18.2 Å². The normalized spacial score (nSPS) is 11.1. The predicted molar refractivity (Wildman–Crippen MR) is 50.0 cm³/mol. The van der Waals surface area contributed by atoms with Gasteiger partial charge in [0.25, 0.3) is 5.82 Å². The van der Waals surface area contributed by atoms with Crippen LogP contribution in [0.2, 0.25) is 0 Å². The smallest absolute Gasteiger partial charge is 0.237 e. The molecule has 12 heavy (non-hydrogen) atoms. The molecule has 1 aromatic rings. The van der Waals surface area contributed by atoms with E-state index in [2.05, 4.69) is 49.3 Å². The maximum absolute atomic E-state index is 2.34. The van der Waals surface area contributed by atoms with Gasteiger partial charge in [-0.2, -0.15) is 0 Å². The molecule has 0 saturated heterocycles. The number of rotatable bonds is 3. The summed E-state index contributed by atoms with van der Waals surface area (Å²) in [6.07, 6.45) is 6.67. The molecular weight excluding hydrogens is 148 g/mol. The molecule has 0 fully saturated rings. The lowest BCUT2D eigenvalue weighted by molar-refractivity contribution is -0.679. The number of aryl methyl sites for hydroxylation is 1. The van der Waals surface area contributed by atoms with E-state index in [0.717, 1.165) is 0 Å². The standard InChI is InChI=1S/C10H19N2/c1-5-6-10-11(4)7-8-12(10)9(2)3/h7-9H,5-6H2,1-4H3/q+1. The first-order valence-electron chi connectivity index (χ1n) is 4.72. The molecule has 1 aromatic heterocycles. The van der Waals surface area contributed by atoms with Crippen molar-refractivity contribution in [1.29, 1.82) is 0 Å². The molecule has 0 bridgehead atoms. The summed E-state index contributed by atoms with van der Waals surface area (Å²) in [5, 5.41) is 0. The minimum Gasteiger partial charge on any atom is -0.237 e. The molecule has 2 heteroatoms. The first-order valence-corrected chi connectivity index (χ1v) is 4.72. The van der Waals surface area contributed by atoms with Gasteiger partial charge in [-0.1, -0.05) is 6.92 Å². The molecule has 0 N–H and O–H groups in total. The Balaban J connectivity index is 2.95. The molecule has 0 radical (unpaired) electrons. The number of hydrogen-bond acceptors (Lipinski definition) is 0. The van der Waals surface area contributed by atoms with E-state index in [9.17, 15) is 0 Å². The summed E-state index contributed by atoms with van der Waals surface area (Å²) < 4.78 is 4.55. The molecule has 0 atom stereocenters. The maximum atomic E-state index is 2.34. The fourth-order valence-corrected chi connectivity index (χ4v) is 1.53. The highest BCUT2D eigenvalue weighted by atomic mass is 15.1. The average Bonchev–Trinajstić information content (AvgIpc) is 2.34. The maximum Gasteiger partial charge on any atom is 0.256 e. The van der Waals surface area contributed by atoms with Gasteiger partial charge < -0.3 is 0 Å². The monoisotopic (exact) mass is 167 g/mol. The van der Waals surface area contributed by atoms with Crippen molar-refractivity contribution in [1.82, 2.24) is 4.57 Å². The Bertz CT molecular complexity index is 248. The molecule has 0 aliphatic heterocycles. The SMILES string of the molecule is CCCc1n(C(C)C)cc[n+]1C. The van der Waals surface area contributed by atoms with Gasteiger partial charge in [0.2, 0.25) is 0 Å². The third-order valence-corrected chi connectivity index (χ3v) is 2.19. The van der Waals surface area contributed by atoms with Gasteiger partial charge in [0.1, 0.15) is 12.4 Å². The third-order valence-electron chi connectivity index (χ3n) is 2.19. The van der Waals surface area contributed by atoms with Crippen molar-refractivity contribution < 1.29 is 4.57 Å². The largest absolute Gasteiger partial charge is 0.256 e. The molecule has 1 heterocycles. The molecule has 2 nitrogen and oxygen atoms in total. The van der Waals surface area contributed by atoms with Crippen molar-refractivity contribution in [2.24, 2.45) is 7.05 Å². The number of nitrogens with zero attached hydrogens (tertiary/aromatic N) is 2. The van der Waals surface area contributed by atoms with Crippen molar-refractivity contribution in [3.63, 3.8) is 0 Å². The first-order chi connectivity index (χ1) is 5.66. The Morgan fingerprint density at radius 1 is 1.50 bits per heavy atom. The van der Waals surface area contributed by atoms with Crippen LogP contribution in [0, 0.1) is 0 Å². The Morgan fingerprint density at radius 3 is 2.67 bits per heavy atom. The van der Waals surface area contributed by atoms with Gasteiger partial charge in [-0.15, -0.1) is 0 Å². The average molecular weight is 167 g/mol. The summed E-state index contributed by atoms with van der Waals surface area (Å²) in [6, 6.07) is 0.577. The summed E-state index contributed by atoms with van der Waals surface area (Å²) in [7, 11) is 2.11. The van der Waals surface area contributed by atoms with Crippen LogP contribution < -0.4 is 4.57 Å². The molecule has 0 aliphatic carbocycles. The van der Waals surface area contributed by atoms with Crippen molar-refractivity contribution in [3.8, 4) is 0 Å². The second kappa shape index (κ2) is 3.74. The Hall–Kier alpha value is -0.790. The quantitative estimate of drug-likeness (QED) is 0.607. The van der Waals surface area contributed by atoms with Gasteiger partial charge in [0.15, 0.2) is 0 Å². The molecule has 0 aromatic carbocycles. The predicted octanol–water partition coefficient (Wildman–Crippen LogP) is 1.85. The van der Waals surface area contributed by atoms with E-state index in [1.807, 2.05) is 0 Å². The van der Waals surface area contributed by atoms with Crippen LogP contribution >= 0.6 is 0 Å². The van der Waals surface area contributed by atoms with E-state index < -0.39 is 0 Å². The third kappa shape index (κ3) is 1.68. The number of aromatic nitrogens is 2. The zero-order valence-electron chi connectivity index (χ0n) is 8.54. The van der Waals surface area contributed by atoms with E-state index in [1.165, 1.54) is 18.7 Å². The fraction of sp³-hybridized carbons (Fsp3) is 0.700. The van der Waals surface area contributed by atoms with E-state index in [1.54, 1.807) is 0 Å².